The largest absolute Gasteiger partial charge is 0.543 e. The van der Waals surface area contributed by atoms with Crippen LogP contribution in [0.15, 0.2) is 24.3 Å². The van der Waals surface area contributed by atoms with E-state index in [2.05, 4.69) is 47.7 Å². The summed E-state index contributed by atoms with van der Waals surface area (Å²) >= 11 is 0. The van der Waals surface area contributed by atoms with Crippen molar-refractivity contribution in [2.75, 3.05) is 34.4 Å². The Bertz CT molecular complexity index is 1090. The van der Waals surface area contributed by atoms with Crippen molar-refractivity contribution in [3.8, 4) is 23.0 Å². The molecule has 0 aliphatic rings. The molecule has 2 aromatic rings. The fourth-order valence-electron chi connectivity index (χ4n) is 4.26. The van der Waals surface area contributed by atoms with Crippen LogP contribution in [0.5, 0.6) is 23.0 Å². The van der Waals surface area contributed by atoms with E-state index >= 15 is 0 Å². The Balaban J connectivity index is 2.86. The van der Waals surface area contributed by atoms with E-state index in [4.69, 9.17) is 18.6 Å². The summed E-state index contributed by atoms with van der Waals surface area (Å²) in [5, 5.41) is 11.8. The molecule has 0 heterocycles. The number of hydrogen-bond acceptors (Lipinski definition) is 6. The Morgan fingerprint density at radius 3 is 1.82 bits per heavy atom. The van der Waals surface area contributed by atoms with E-state index in [1.165, 1.54) is 7.11 Å². The molecule has 0 saturated carbocycles. The molecular weight excluding hydrogens is 498 g/mol. The molecule has 0 bridgehead atoms. The van der Waals surface area contributed by atoms with Gasteiger partial charge in [0.2, 0.25) is 8.32 Å². The summed E-state index contributed by atoms with van der Waals surface area (Å²) in [4.78, 5) is 15.5. The Hall–Kier alpha value is -2.71. The van der Waals surface area contributed by atoms with Crippen molar-refractivity contribution >= 4 is 14.2 Å². The maximum atomic E-state index is 13.7. The second kappa shape index (κ2) is 12.4. The van der Waals surface area contributed by atoms with Crippen molar-refractivity contribution < 1.29 is 28.5 Å². The van der Waals surface area contributed by atoms with Crippen molar-refractivity contribution in [1.82, 2.24) is 4.90 Å². The minimum absolute atomic E-state index is 0.0395. The lowest BCUT2D eigenvalue weighted by atomic mass is 9.91. The molecule has 7 nitrogen and oxygen atoms in total. The van der Waals surface area contributed by atoms with Crippen LogP contribution >= 0.6 is 0 Å². The van der Waals surface area contributed by atoms with Gasteiger partial charge in [0.05, 0.1) is 26.9 Å². The van der Waals surface area contributed by atoms with Gasteiger partial charge in [-0.2, -0.15) is 0 Å². The zero-order chi connectivity index (χ0) is 29.0. The quantitative estimate of drug-likeness (QED) is 0.314. The average Bonchev–Trinajstić information content (AvgIpc) is 2.86. The number of aliphatic hydroxyl groups excluding tert-OH is 1. The van der Waals surface area contributed by atoms with Crippen LogP contribution in [-0.2, 0) is 0 Å². The number of amides is 1. The first-order valence-corrected chi connectivity index (χ1v) is 16.2. The van der Waals surface area contributed by atoms with Crippen molar-refractivity contribution in [3.63, 3.8) is 0 Å². The molecule has 212 valence electrons. The molecule has 1 unspecified atom stereocenters. The fourth-order valence-corrected chi connectivity index (χ4v) is 5.27. The summed E-state index contributed by atoms with van der Waals surface area (Å²) in [6.07, 6.45) is -1.16. The molecule has 1 N–H and O–H groups in total. The van der Waals surface area contributed by atoms with Gasteiger partial charge in [0, 0.05) is 30.3 Å². The van der Waals surface area contributed by atoms with E-state index in [-0.39, 0.29) is 16.9 Å². The Morgan fingerprint density at radius 1 is 0.921 bits per heavy atom. The maximum Gasteiger partial charge on any atom is 0.257 e. The smallest absolute Gasteiger partial charge is 0.257 e. The number of methoxy groups -OCH3 is 3. The topological polar surface area (TPSA) is 77.5 Å². The summed E-state index contributed by atoms with van der Waals surface area (Å²) in [5.41, 5.74) is 2.19. The van der Waals surface area contributed by atoms with Gasteiger partial charge in [0.15, 0.2) is 0 Å². The first-order chi connectivity index (χ1) is 17.7. The molecule has 1 amide bonds. The lowest BCUT2D eigenvalue weighted by Crippen LogP contribution is -2.44. The number of ether oxygens (including phenoxy) is 3. The van der Waals surface area contributed by atoms with Crippen LogP contribution in [-0.4, -0.2) is 58.6 Å². The lowest BCUT2D eigenvalue weighted by Gasteiger charge is -2.37. The highest BCUT2D eigenvalue weighted by atomic mass is 28.4. The highest BCUT2D eigenvalue weighted by Gasteiger charge is 2.39. The van der Waals surface area contributed by atoms with Gasteiger partial charge in [-0.3, -0.25) is 4.79 Å². The van der Waals surface area contributed by atoms with Gasteiger partial charge in [-0.1, -0.05) is 34.6 Å². The SMILES string of the molecule is CCN(CC)C(=O)c1c(OC)cc(O[Si](C)(C)C(C)(C)C)cc1C(O)c1cc(OC)c(C(C)C)c(OC)c1. The molecule has 8 heteroatoms. The van der Waals surface area contributed by atoms with E-state index in [9.17, 15) is 9.90 Å². The van der Waals surface area contributed by atoms with Crippen LogP contribution in [0.4, 0.5) is 0 Å². The molecule has 2 rings (SSSR count). The highest BCUT2D eigenvalue weighted by molar-refractivity contribution is 6.74. The number of aliphatic hydroxyl groups is 1. The molecule has 0 aliphatic heterocycles. The lowest BCUT2D eigenvalue weighted by molar-refractivity contribution is 0.0764. The molecule has 0 radical (unpaired) electrons. The van der Waals surface area contributed by atoms with Gasteiger partial charge in [-0.25, -0.2) is 0 Å². The monoisotopic (exact) mass is 545 g/mol. The predicted molar refractivity (Wildman–Crippen MR) is 156 cm³/mol. The normalized spacial score (nSPS) is 12.8. The summed E-state index contributed by atoms with van der Waals surface area (Å²) in [7, 11) is 2.51. The van der Waals surface area contributed by atoms with Gasteiger partial charge < -0.3 is 28.6 Å². The van der Waals surface area contributed by atoms with Gasteiger partial charge in [-0.05, 0) is 61.7 Å². The van der Waals surface area contributed by atoms with Crippen LogP contribution in [0.1, 0.15) is 87.5 Å². The zero-order valence-corrected chi connectivity index (χ0v) is 26.3. The number of hydrogen-bond donors (Lipinski definition) is 1. The summed E-state index contributed by atoms with van der Waals surface area (Å²) in [6.45, 7) is 19.8. The second-order valence-corrected chi connectivity index (χ2v) is 16.1. The minimum atomic E-state index is -2.22. The van der Waals surface area contributed by atoms with Crippen molar-refractivity contribution in [2.45, 2.75) is 78.6 Å². The molecule has 0 aromatic heterocycles. The molecule has 0 spiro atoms. The Kier molecular flexibility index (Phi) is 10.3. The predicted octanol–water partition coefficient (Wildman–Crippen LogP) is 6.78. The second-order valence-electron chi connectivity index (χ2n) is 11.3. The third kappa shape index (κ3) is 6.46. The van der Waals surface area contributed by atoms with E-state index in [1.807, 2.05) is 26.0 Å². The summed E-state index contributed by atoms with van der Waals surface area (Å²) < 4.78 is 23.7. The third-order valence-corrected chi connectivity index (χ3v) is 11.9. The molecule has 2 aromatic carbocycles. The molecule has 38 heavy (non-hydrogen) atoms. The number of benzene rings is 2. The van der Waals surface area contributed by atoms with Gasteiger partial charge in [-0.15, -0.1) is 0 Å². The molecule has 1 atom stereocenters. The number of nitrogens with zero attached hydrogens (tertiary/aromatic N) is 1. The van der Waals surface area contributed by atoms with Crippen LogP contribution in [0.25, 0.3) is 0 Å². The van der Waals surface area contributed by atoms with E-state index < -0.39 is 14.4 Å². The van der Waals surface area contributed by atoms with E-state index in [0.717, 1.165) is 5.56 Å². The van der Waals surface area contributed by atoms with Crippen molar-refractivity contribution in [1.29, 1.82) is 0 Å². The van der Waals surface area contributed by atoms with Crippen LogP contribution < -0.4 is 18.6 Å². The molecular formula is C30H47NO6Si. The Labute approximate surface area is 230 Å². The molecule has 0 aliphatic carbocycles. The first kappa shape index (κ1) is 31.5. The summed E-state index contributed by atoms with van der Waals surface area (Å²) in [6, 6.07) is 7.15. The van der Waals surface area contributed by atoms with Crippen LogP contribution in [0, 0.1) is 0 Å². The van der Waals surface area contributed by atoms with Gasteiger partial charge in [0.25, 0.3) is 5.91 Å². The standard InChI is InChI=1S/C30H47NO6Si/c1-13-31(14-2)29(33)27-22(17-21(18-25(27)36-10)37-38(11,12)30(5,6)7)28(32)20-15-23(34-8)26(19(3)4)24(16-20)35-9/h15-19,28,32H,13-14H2,1-12H3. The number of carbonyl (C=O) groups is 1. The van der Waals surface area contributed by atoms with Gasteiger partial charge >= 0.3 is 0 Å². The third-order valence-electron chi connectivity index (χ3n) is 7.52. The van der Waals surface area contributed by atoms with Crippen LogP contribution in [0.2, 0.25) is 18.1 Å². The highest BCUT2D eigenvalue weighted by Crippen LogP contribution is 2.43. The van der Waals surface area contributed by atoms with Crippen LogP contribution in [0.3, 0.4) is 0 Å². The maximum absolute atomic E-state index is 13.7. The average molecular weight is 546 g/mol. The van der Waals surface area contributed by atoms with Gasteiger partial charge in [0.1, 0.15) is 29.1 Å². The minimum Gasteiger partial charge on any atom is -0.543 e. The number of carbonyl (C=O) groups excluding carboxylic acids is 1. The fraction of sp³-hybridized carbons (Fsp3) is 0.567. The summed E-state index contributed by atoms with van der Waals surface area (Å²) in [5.74, 6) is 2.10. The van der Waals surface area contributed by atoms with Crippen molar-refractivity contribution in [3.05, 3.63) is 46.5 Å². The Morgan fingerprint density at radius 2 is 1.42 bits per heavy atom. The van der Waals surface area contributed by atoms with Crippen molar-refractivity contribution in [2.24, 2.45) is 0 Å². The number of rotatable bonds is 11. The molecule has 0 saturated heterocycles. The zero-order valence-electron chi connectivity index (χ0n) is 25.3. The molecule has 0 fully saturated rings. The van der Waals surface area contributed by atoms with E-state index in [0.29, 0.717) is 52.8 Å². The first-order valence-electron chi connectivity index (χ1n) is 13.3. The van der Waals surface area contributed by atoms with E-state index in [1.54, 1.807) is 31.3 Å².